The molecule has 2 atom stereocenters. The molecule has 1 heterocycles. The molecule has 4 heteroatoms. The minimum absolute atomic E-state index is 0.0631. The highest BCUT2D eigenvalue weighted by Gasteiger charge is 2.26. The molecule has 170 valence electrons. The van der Waals surface area contributed by atoms with Gasteiger partial charge in [-0.3, -0.25) is 9.59 Å². The molecule has 1 amide bonds. The van der Waals surface area contributed by atoms with Crippen LogP contribution in [0.5, 0.6) is 0 Å². The van der Waals surface area contributed by atoms with E-state index in [2.05, 4.69) is 51.2 Å². The minimum atomic E-state index is 0.0631. The van der Waals surface area contributed by atoms with E-state index in [1.54, 1.807) is 19.2 Å². The van der Waals surface area contributed by atoms with Crippen molar-refractivity contribution in [3.8, 4) is 0 Å². The van der Waals surface area contributed by atoms with Crippen molar-refractivity contribution < 1.29 is 4.79 Å². The first-order valence-corrected chi connectivity index (χ1v) is 11.4. The van der Waals surface area contributed by atoms with E-state index in [0.717, 1.165) is 24.0 Å². The molecule has 2 N–H and O–H groups in total. The van der Waals surface area contributed by atoms with E-state index in [0.29, 0.717) is 28.4 Å². The van der Waals surface area contributed by atoms with E-state index in [-0.39, 0.29) is 5.43 Å². The highest BCUT2D eigenvalue weighted by molar-refractivity contribution is 5.46. The fourth-order valence-electron chi connectivity index (χ4n) is 3.69. The van der Waals surface area contributed by atoms with Gasteiger partial charge in [0, 0.05) is 28.4 Å². The van der Waals surface area contributed by atoms with Crippen LogP contribution < -0.4 is 21.3 Å². The van der Waals surface area contributed by atoms with Crippen molar-refractivity contribution in [2.24, 2.45) is 11.8 Å². The largest absolute Gasteiger partial charge is 0.361 e. The van der Waals surface area contributed by atoms with Gasteiger partial charge in [0.1, 0.15) is 0 Å². The van der Waals surface area contributed by atoms with Gasteiger partial charge >= 0.3 is 0 Å². The van der Waals surface area contributed by atoms with E-state index in [1.165, 1.54) is 38.5 Å². The Kier molecular flexibility index (Phi) is 14.6. The van der Waals surface area contributed by atoms with Gasteiger partial charge in [-0.2, -0.15) is 0 Å². The number of nitrogens with one attached hydrogen (secondary N) is 2. The molecule has 1 aromatic rings. The van der Waals surface area contributed by atoms with Gasteiger partial charge in [-0.25, -0.2) is 0 Å². The van der Waals surface area contributed by atoms with Crippen LogP contribution in [-0.2, 0) is 4.79 Å². The van der Waals surface area contributed by atoms with Gasteiger partial charge in [-0.05, 0) is 44.9 Å². The summed E-state index contributed by atoms with van der Waals surface area (Å²) in [6.45, 7) is 20.0. The maximum atomic E-state index is 11.8. The lowest BCUT2D eigenvalue weighted by molar-refractivity contribution is -0.110. The van der Waals surface area contributed by atoms with Crippen molar-refractivity contribution in [2.45, 2.75) is 92.5 Å². The Hall–Kier alpha value is -2.10. The van der Waals surface area contributed by atoms with E-state index in [4.69, 9.17) is 0 Å². The van der Waals surface area contributed by atoms with Crippen LogP contribution in [0.3, 0.4) is 0 Å². The lowest BCUT2D eigenvalue weighted by Gasteiger charge is -2.33. The average Bonchev–Trinajstić information content (AvgIpc) is 2.72. The summed E-state index contributed by atoms with van der Waals surface area (Å²) in [5.74, 6) is 1.40. The van der Waals surface area contributed by atoms with Crippen LogP contribution in [0.2, 0.25) is 0 Å². The topological polar surface area (TPSA) is 62.0 Å². The van der Waals surface area contributed by atoms with Crippen molar-refractivity contribution >= 4 is 18.6 Å². The van der Waals surface area contributed by atoms with Gasteiger partial charge in [-0.1, -0.05) is 71.6 Å². The number of aromatic nitrogens is 1. The summed E-state index contributed by atoms with van der Waals surface area (Å²) in [6, 6.07) is 0.441. The van der Waals surface area contributed by atoms with Crippen LogP contribution in [0.25, 0.3) is 12.2 Å². The van der Waals surface area contributed by atoms with Crippen molar-refractivity contribution in [1.29, 1.82) is 0 Å². The first-order valence-electron chi connectivity index (χ1n) is 11.4. The number of allylic oxidation sites excluding steroid dienone is 1. The molecule has 1 aliphatic carbocycles. The van der Waals surface area contributed by atoms with Gasteiger partial charge < -0.3 is 10.3 Å². The molecular weight excluding hydrogens is 372 g/mol. The smallest absolute Gasteiger partial charge is 0.207 e. The van der Waals surface area contributed by atoms with Gasteiger partial charge in [0.15, 0.2) is 5.43 Å². The summed E-state index contributed by atoms with van der Waals surface area (Å²) in [6.07, 6.45) is 12.7. The Morgan fingerprint density at radius 2 is 1.87 bits per heavy atom. The molecule has 30 heavy (non-hydrogen) atoms. The molecule has 1 aliphatic rings. The fraction of sp³-hybridized carbons (Fsp3) is 0.615. The maximum Gasteiger partial charge on any atom is 0.207 e. The molecule has 1 saturated carbocycles. The number of hydrogen-bond acceptors (Lipinski definition) is 2. The quantitative estimate of drug-likeness (QED) is 0.526. The monoisotopic (exact) mass is 416 g/mol. The number of H-pyrrole nitrogens is 1. The molecule has 0 spiro atoms. The normalized spacial score (nSPS) is 18.9. The zero-order valence-corrected chi connectivity index (χ0v) is 20.1. The third kappa shape index (κ3) is 9.60. The summed E-state index contributed by atoms with van der Waals surface area (Å²) < 4.78 is 0. The number of rotatable bonds is 6. The van der Waals surface area contributed by atoms with Crippen LogP contribution in [-0.4, -0.2) is 17.4 Å². The highest BCUT2D eigenvalue weighted by Crippen LogP contribution is 2.29. The highest BCUT2D eigenvalue weighted by atomic mass is 16.1. The van der Waals surface area contributed by atoms with Gasteiger partial charge in [0.2, 0.25) is 6.41 Å². The molecule has 1 aromatic heterocycles. The molecule has 4 nitrogen and oxygen atoms in total. The third-order valence-corrected chi connectivity index (χ3v) is 5.69. The molecular formula is C26H44N2O2. The van der Waals surface area contributed by atoms with Crippen molar-refractivity contribution in [1.82, 2.24) is 10.3 Å². The fourth-order valence-corrected chi connectivity index (χ4v) is 3.69. The summed E-state index contributed by atoms with van der Waals surface area (Å²) in [4.78, 5) is 25.1. The summed E-state index contributed by atoms with van der Waals surface area (Å²) in [7, 11) is 0. The number of amides is 1. The summed E-state index contributed by atoms with van der Waals surface area (Å²) in [5.41, 5.74) is 1.79. The van der Waals surface area contributed by atoms with E-state index in [1.807, 2.05) is 6.92 Å². The molecule has 2 rings (SSSR count). The van der Waals surface area contributed by atoms with Crippen molar-refractivity contribution in [3.05, 3.63) is 45.2 Å². The van der Waals surface area contributed by atoms with Crippen LogP contribution in [0.15, 0.2) is 23.6 Å². The van der Waals surface area contributed by atoms with Crippen LogP contribution in [0, 0.1) is 18.8 Å². The first-order chi connectivity index (χ1) is 14.2. The van der Waals surface area contributed by atoms with E-state index in [9.17, 15) is 9.59 Å². The molecule has 0 aromatic carbocycles. The Labute approximate surface area is 183 Å². The number of hydrogen-bond donors (Lipinski definition) is 2. The Balaban J connectivity index is 0.000000481. The molecule has 0 saturated heterocycles. The van der Waals surface area contributed by atoms with E-state index >= 15 is 0 Å². The summed E-state index contributed by atoms with van der Waals surface area (Å²) >= 11 is 0. The number of pyridine rings is 1. The Bertz CT molecular complexity index is 790. The number of carbonyl (C=O) groups is 1. The maximum absolute atomic E-state index is 11.8. The lowest BCUT2D eigenvalue weighted by atomic mass is 9.78. The summed E-state index contributed by atoms with van der Waals surface area (Å²) in [5, 5.41) is 4.31. The number of unbranched alkanes of at least 4 members (excludes halogenated alkanes) is 1. The second kappa shape index (κ2) is 15.7. The SMILES string of the molecule is C=CC/C(C)=c1\c(=C)[nH]cc(C)c1=O.CC(C)C1CCCCC1NC=O.CCCC. The lowest BCUT2D eigenvalue weighted by Crippen LogP contribution is -2.42. The predicted octanol–water partition coefficient (Wildman–Crippen LogP) is 4.59. The van der Waals surface area contributed by atoms with E-state index < -0.39 is 0 Å². The second-order valence-electron chi connectivity index (χ2n) is 8.51. The standard InChI is InChI=1S/C12H15NO.C10H19NO.C4H10/c1-5-6-8(2)11-10(4)13-7-9(3)12(11)14;1-8(2)9-5-3-4-6-10(9)11-7-12;1-3-4-2/h5,7,13H,1,4,6H2,2-3H3;7-10H,3-6H2,1-2H3,(H,11,12);3-4H2,1-2H3/b11-8+;;. The molecule has 1 fully saturated rings. The first kappa shape index (κ1) is 27.9. The molecule has 0 bridgehead atoms. The van der Waals surface area contributed by atoms with Gasteiger partial charge in [-0.15, -0.1) is 6.58 Å². The van der Waals surface area contributed by atoms with Crippen LogP contribution in [0.1, 0.15) is 85.1 Å². The Morgan fingerprint density at radius 1 is 1.27 bits per heavy atom. The van der Waals surface area contributed by atoms with Crippen molar-refractivity contribution in [2.75, 3.05) is 0 Å². The van der Waals surface area contributed by atoms with Crippen LogP contribution in [0.4, 0.5) is 0 Å². The number of carbonyl (C=O) groups excluding carboxylic acids is 1. The van der Waals surface area contributed by atoms with Gasteiger partial charge in [0.25, 0.3) is 0 Å². The average molecular weight is 417 g/mol. The Morgan fingerprint density at radius 3 is 2.37 bits per heavy atom. The third-order valence-electron chi connectivity index (χ3n) is 5.69. The minimum Gasteiger partial charge on any atom is -0.361 e. The second-order valence-corrected chi connectivity index (χ2v) is 8.51. The van der Waals surface area contributed by atoms with Crippen LogP contribution >= 0.6 is 0 Å². The molecule has 0 aliphatic heterocycles. The zero-order valence-electron chi connectivity index (χ0n) is 20.1. The number of aromatic amines is 1. The molecule has 0 radical (unpaired) electrons. The number of aryl methyl sites for hydroxylation is 1. The predicted molar refractivity (Wildman–Crippen MR) is 131 cm³/mol. The molecule has 2 unspecified atom stereocenters. The van der Waals surface area contributed by atoms with Crippen molar-refractivity contribution in [3.63, 3.8) is 0 Å². The van der Waals surface area contributed by atoms with Gasteiger partial charge in [0.05, 0.1) is 0 Å². The zero-order chi connectivity index (χ0) is 23.1.